The maximum absolute atomic E-state index is 5.40. The van der Waals surface area contributed by atoms with E-state index in [9.17, 15) is 0 Å². The highest BCUT2D eigenvalue weighted by atomic mass is 32.1. The van der Waals surface area contributed by atoms with Crippen LogP contribution in [-0.2, 0) is 0 Å². The molecule has 0 amide bonds. The molecule has 1 aromatic rings. The lowest BCUT2D eigenvalue weighted by atomic mass is 9.79. The first-order chi connectivity index (χ1) is 8.66. The lowest BCUT2D eigenvalue weighted by Gasteiger charge is -2.35. The number of hydrogen-bond acceptors (Lipinski definition) is 1. The molecule has 0 radical (unpaired) electrons. The summed E-state index contributed by atoms with van der Waals surface area (Å²) in [5.74, 6) is 1.40. The molecule has 98 valence electrons. The van der Waals surface area contributed by atoms with Crippen LogP contribution in [0.3, 0.4) is 0 Å². The van der Waals surface area contributed by atoms with Gasteiger partial charge in [0.05, 0.1) is 0 Å². The first-order valence-corrected chi connectivity index (χ1v) is 7.20. The molecular formula is C15H22N2S. The van der Waals surface area contributed by atoms with Gasteiger partial charge in [0.25, 0.3) is 0 Å². The van der Waals surface area contributed by atoms with E-state index in [0.29, 0.717) is 17.9 Å². The summed E-state index contributed by atoms with van der Waals surface area (Å²) in [4.78, 5) is 0. The van der Waals surface area contributed by atoms with E-state index in [0.717, 1.165) is 10.8 Å². The fraction of sp³-hybridized carbons (Fsp3) is 0.533. The Hall–Kier alpha value is -1.09. The van der Waals surface area contributed by atoms with Crippen molar-refractivity contribution in [2.45, 2.75) is 39.2 Å². The summed E-state index contributed by atoms with van der Waals surface area (Å²) in [6, 6.07) is 10.6. The molecule has 1 aromatic carbocycles. The highest BCUT2D eigenvalue weighted by Crippen LogP contribution is 2.28. The van der Waals surface area contributed by atoms with Crippen LogP contribution in [-0.4, -0.2) is 11.2 Å². The molecule has 1 aliphatic rings. The quantitative estimate of drug-likeness (QED) is 0.793. The molecule has 0 saturated heterocycles. The Kier molecular flexibility index (Phi) is 4.59. The first-order valence-electron chi connectivity index (χ1n) is 6.79. The Labute approximate surface area is 115 Å². The third-order valence-corrected chi connectivity index (χ3v) is 4.09. The van der Waals surface area contributed by atoms with Crippen LogP contribution >= 0.6 is 12.2 Å². The second kappa shape index (κ2) is 6.19. The smallest absolute Gasteiger partial charge is 0.171 e. The Morgan fingerprint density at radius 1 is 1.11 bits per heavy atom. The lowest BCUT2D eigenvalue weighted by Crippen LogP contribution is -2.47. The van der Waals surface area contributed by atoms with Gasteiger partial charge in [0.2, 0.25) is 0 Å². The first kappa shape index (κ1) is 13.3. The Balaban J connectivity index is 1.90. The van der Waals surface area contributed by atoms with Gasteiger partial charge in [-0.05, 0) is 49.0 Å². The summed E-state index contributed by atoms with van der Waals surface area (Å²) in [6.45, 7) is 4.64. The van der Waals surface area contributed by atoms with Crippen molar-refractivity contribution in [3.63, 3.8) is 0 Å². The van der Waals surface area contributed by atoms with E-state index in [1.165, 1.54) is 19.3 Å². The van der Waals surface area contributed by atoms with Gasteiger partial charge in [0.15, 0.2) is 5.11 Å². The van der Waals surface area contributed by atoms with Gasteiger partial charge in [-0.15, -0.1) is 0 Å². The fourth-order valence-electron chi connectivity index (χ4n) is 2.81. The summed E-state index contributed by atoms with van der Waals surface area (Å²) >= 11 is 5.40. The minimum atomic E-state index is 0.502. The van der Waals surface area contributed by atoms with Gasteiger partial charge in [-0.1, -0.05) is 38.5 Å². The predicted molar refractivity (Wildman–Crippen MR) is 81.8 cm³/mol. The molecule has 0 aliphatic heterocycles. The van der Waals surface area contributed by atoms with Crippen LogP contribution in [0.25, 0.3) is 0 Å². The molecular weight excluding hydrogens is 240 g/mol. The van der Waals surface area contributed by atoms with Gasteiger partial charge in [-0.3, -0.25) is 0 Å². The topological polar surface area (TPSA) is 24.1 Å². The highest BCUT2D eigenvalue weighted by molar-refractivity contribution is 7.80. The van der Waals surface area contributed by atoms with E-state index >= 15 is 0 Å². The van der Waals surface area contributed by atoms with E-state index in [1.54, 1.807) is 0 Å². The number of hydrogen-bond donors (Lipinski definition) is 2. The number of nitrogens with one attached hydrogen (secondary N) is 2. The molecule has 1 aliphatic carbocycles. The van der Waals surface area contributed by atoms with Crippen molar-refractivity contribution in [3.05, 3.63) is 30.3 Å². The van der Waals surface area contributed by atoms with Crippen molar-refractivity contribution in [3.8, 4) is 0 Å². The molecule has 0 unspecified atom stereocenters. The summed E-state index contributed by atoms with van der Waals surface area (Å²) in [6.07, 6.45) is 3.95. The third-order valence-electron chi connectivity index (χ3n) is 3.87. The van der Waals surface area contributed by atoms with Crippen LogP contribution in [0.4, 0.5) is 5.69 Å². The van der Waals surface area contributed by atoms with Crippen molar-refractivity contribution in [1.82, 2.24) is 5.32 Å². The minimum Gasteiger partial charge on any atom is -0.359 e. The van der Waals surface area contributed by atoms with E-state index in [-0.39, 0.29) is 0 Å². The number of rotatable bonds is 2. The highest BCUT2D eigenvalue weighted by Gasteiger charge is 2.27. The zero-order chi connectivity index (χ0) is 13.0. The normalized spacial score (nSPS) is 24.6. The van der Waals surface area contributed by atoms with Gasteiger partial charge in [-0.2, -0.15) is 0 Å². The average Bonchev–Trinajstić information content (AvgIpc) is 2.35. The minimum absolute atomic E-state index is 0.502. The van der Waals surface area contributed by atoms with Crippen molar-refractivity contribution < 1.29 is 0 Å². The van der Waals surface area contributed by atoms with Crippen molar-refractivity contribution in [1.29, 1.82) is 0 Å². The van der Waals surface area contributed by atoms with E-state index in [4.69, 9.17) is 12.2 Å². The van der Waals surface area contributed by atoms with Gasteiger partial charge in [0, 0.05) is 11.7 Å². The summed E-state index contributed by atoms with van der Waals surface area (Å²) < 4.78 is 0. The number of thiocarbonyl (C=S) groups is 1. The number of para-hydroxylation sites is 1. The molecule has 18 heavy (non-hydrogen) atoms. The molecule has 0 spiro atoms. The third kappa shape index (κ3) is 3.45. The Bertz CT molecular complexity index is 381. The molecule has 1 fully saturated rings. The van der Waals surface area contributed by atoms with Crippen molar-refractivity contribution in [2.24, 2.45) is 11.8 Å². The van der Waals surface area contributed by atoms with E-state index in [2.05, 4.69) is 24.5 Å². The van der Waals surface area contributed by atoms with Gasteiger partial charge in [-0.25, -0.2) is 0 Å². The largest absolute Gasteiger partial charge is 0.359 e. The SMILES string of the molecule is C[C@H]1CCC[C@H](C)C1NC(=S)Nc1ccccc1. The van der Waals surface area contributed by atoms with Crippen molar-refractivity contribution in [2.75, 3.05) is 5.32 Å². The molecule has 0 heterocycles. The predicted octanol–water partition coefficient (Wildman–Crippen LogP) is 3.80. The zero-order valence-electron chi connectivity index (χ0n) is 11.1. The molecule has 2 rings (SSSR count). The van der Waals surface area contributed by atoms with Crippen LogP contribution in [0.5, 0.6) is 0 Å². The summed E-state index contributed by atoms with van der Waals surface area (Å²) in [5, 5.41) is 7.48. The summed E-state index contributed by atoms with van der Waals surface area (Å²) in [5.41, 5.74) is 1.05. The van der Waals surface area contributed by atoms with Crippen LogP contribution < -0.4 is 10.6 Å². The second-order valence-electron chi connectivity index (χ2n) is 5.38. The van der Waals surface area contributed by atoms with Crippen LogP contribution in [0.1, 0.15) is 33.1 Å². The van der Waals surface area contributed by atoms with Crippen molar-refractivity contribution >= 4 is 23.0 Å². The van der Waals surface area contributed by atoms with Gasteiger partial charge < -0.3 is 10.6 Å². The maximum Gasteiger partial charge on any atom is 0.171 e. The van der Waals surface area contributed by atoms with Crippen LogP contribution in [0.2, 0.25) is 0 Å². The average molecular weight is 262 g/mol. The summed E-state index contributed by atoms with van der Waals surface area (Å²) in [7, 11) is 0. The molecule has 1 saturated carbocycles. The standard InChI is InChI=1S/C15H22N2S/c1-11-7-6-8-12(2)14(11)17-15(18)16-13-9-4-3-5-10-13/h3-5,9-12,14H,6-8H2,1-2H3,(H2,16,17,18)/t11-,12-/m0/s1. The van der Waals surface area contributed by atoms with E-state index in [1.807, 2.05) is 30.3 Å². The fourth-order valence-corrected chi connectivity index (χ4v) is 3.06. The molecule has 3 heteroatoms. The molecule has 2 atom stereocenters. The van der Waals surface area contributed by atoms with Crippen LogP contribution in [0.15, 0.2) is 30.3 Å². The number of anilines is 1. The Morgan fingerprint density at radius 3 is 2.33 bits per heavy atom. The van der Waals surface area contributed by atoms with E-state index < -0.39 is 0 Å². The second-order valence-corrected chi connectivity index (χ2v) is 5.78. The zero-order valence-corrected chi connectivity index (χ0v) is 12.0. The lowest BCUT2D eigenvalue weighted by molar-refractivity contribution is 0.232. The monoisotopic (exact) mass is 262 g/mol. The molecule has 2 nitrogen and oxygen atoms in total. The Morgan fingerprint density at radius 2 is 1.72 bits per heavy atom. The molecule has 2 N–H and O–H groups in total. The number of benzene rings is 1. The van der Waals surface area contributed by atoms with Gasteiger partial charge >= 0.3 is 0 Å². The van der Waals surface area contributed by atoms with Gasteiger partial charge in [0.1, 0.15) is 0 Å². The molecule has 0 bridgehead atoms. The molecule has 0 aromatic heterocycles. The maximum atomic E-state index is 5.40. The van der Waals surface area contributed by atoms with Crippen LogP contribution in [0, 0.1) is 11.8 Å².